The van der Waals surface area contributed by atoms with E-state index in [1.54, 1.807) is 0 Å². The number of rotatable bonds is 0. The summed E-state index contributed by atoms with van der Waals surface area (Å²) in [5.74, 6) is 0. The maximum atomic E-state index is 8.55. The van der Waals surface area contributed by atoms with Gasteiger partial charge in [-0.25, -0.2) is 0 Å². The Hall–Kier alpha value is 2.38. The monoisotopic (exact) mass is 335 g/mol. The second-order valence-corrected chi connectivity index (χ2v) is 1.34. The molecule has 4 nitrogen and oxygen atoms in total. The molecule has 0 rings (SSSR count). The Morgan fingerprint density at radius 3 is 1.12 bits per heavy atom. The fourth-order valence-corrected chi connectivity index (χ4v) is 0. The fourth-order valence-electron chi connectivity index (χ4n) is 0. The van der Waals surface area contributed by atoms with E-state index in [1.807, 2.05) is 0 Å². The maximum absolute atomic E-state index is 8.55. The SMILES string of the molecule is O=P([O-])([O-])[O-].[Al+3].[Ge].[La+3]. The summed E-state index contributed by atoms with van der Waals surface area (Å²) >= 11 is 0. The van der Waals surface area contributed by atoms with Gasteiger partial charge in [-0.2, -0.15) is 7.82 Å². The van der Waals surface area contributed by atoms with Crippen LogP contribution >= 0.6 is 7.82 Å². The minimum atomic E-state index is -5.39. The molecule has 0 aromatic carbocycles. The van der Waals surface area contributed by atoms with Gasteiger partial charge in [-0.3, -0.25) is 0 Å². The molecule has 0 aliphatic rings. The molecule has 8 heavy (non-hydrogen) atoms. The maximum Gasteiger partial charge on any atom is 3.00 e. The second kappa shape index (κ2) is 9.38. The van der Waals surface area contributed by atoms with E-state index < -0.39 is 7.82 Å². The Balaban J connectivity index is -0.0000000267. The van der Waals surface area contributed by atoms with Crippen molar-refractivity contribution >= 4 is 42.8 Å². The minimum absolute atomic E-state index is 0. The summed E-state index contributed by atoms with van der Waals surface area (Å²) in [6.45, 7) is 0. The van der Waals surface area contributed by atoms with E-state index in [0.29, 0.717) is 0 Å². The van der Waals surface area contributed by atoms with Crippen LogP contribution in [0.3, 0.4) is 0 Å². The molecule has 0 N–H and O–H groups in total. The first kappa shape index (κ1) is 22.4. The molecule has 0 aromatic rings. The summed E-state index contributed by atoms with van der Waals surface area (Å²) in [5.41, 5.74) is 0. The molecule has 0 aliphatic carbocycles. The fraction of sp³-hybridized carbons (Fsp3) is 0. The van der Waals surface area contributed by atoms with E-state index >= 15 is 0 Å². The van der Waals surface area contributed by atoms with E-state index in [9.17, 15) is 0 Å². The molecule has 0 atom stereocenters. The molecular weight excluding hydrogens is 333 g/mol. The van der Waals surface area contributed by atoms with Gasteiger partial charge in [0, 0.05) is 17.6 Å². The zero-order valence-electron chi connectivity index (χ0n) is 3.73. The van der Waals surface area contributed by atoms with Crippen molar-refractivity contribution in [2.24, 2.45) is 0 Å². The Labute approximate surface area is 96.4 Å². The summed E-state index contributed by atoms with van der Waals surface area (Å²) in [5, 5.41) is 0. The van der Waals surface area contributed by atoms with Crippen LogP contribution in [0.2, 0.25) is 0 Å². The average molecular weight is 333 g/mol. The minimum Gasteiger partial charge on any atom is -0.822 e. The molecular formula is AlGeLaO4P+3. The predicted molar refractivity (Wildman–Crippen MR) is 19.1 cm³/mol. The van der Waals surface area contributed by atoms with E-state index in [2.05, 4.69) is 0 Å². The first-order valence-electron chi connectivity index (χ1n) is 0.730. The Bertz CT molecular complexity index is 62.2. The van der Waals surface area contributed by atoms with Gasteiger partial charge in [0.15, 0.2) is 0 Å². The van der Waals surface area contributed by atoms with Crippen LogP contribution in [0.15, 0.2) is 0 Å². The molecule has 0 fully saturated rings. The summed E-state index contributed by atoms with van der Waals surface area (Å²) in [6, 6.07) is 0. The topological polar surface area (TPSA) is 86.2 Å². The van der Waals surface area contributed by atoms with Crippen molar-refractivity contribution in [2.45, 2.75) is 0 Å². The van der Waals surface area contributed by atoms with Gasteiger partial charge < -0.3 is 19.2 Å². The van der Waals surface area contributed by atoms with Crippen molar-refractivity contribution in [3.8, 4) is 0 Å². The van der Waals surface area contributed by atoms with Crippen LogP contribution in [0.25, 0.3) is 0 Å². The van der Waals surface area contributed by atoms with Crippen LogP contribution in [0.5, 0.6) is 0 Å². The first-order valence-corrected chi connectivity index (χ1v) is 2.19. The van der Waals surface area contributed by atoms with Crippen LogP contribution in [0, 0.1) is 35.6 Å². The molecule has 0 bridgehead atoms. The van der Waals surface area contributed by atoms with Crippen molar-refractivity contribution in [3.05, 3.63) is 0 Å². The van der Waals surface area contributed by atoms with Gasteiger partial charge in [0.1, 0.15) is 0 Å². The van der Waals surface area contributed by atoms with Gasteiger partial charge >= 0.3 is 53.0 Å². The molecule has 0 spiro atoms. The van der Waals surface area contributed by atoms with Crippen molar-refractivity contribution in [3.63, 3.8) is 0 Å². The molecule has 0 saturated carbocycles. The normalized spacial score (nSPS) is 7.38. The van der Waals surface area contributed by atoms with Gasteiger partial charge in [0.25, 0.3) is 0 Å². The molecule has 4 radical (unpaired) electrons. The van der Waals surface area contributed by atoms with Gasteiger partial charge in [0.05, 0.1) is 0 Å². The molecule has 0 saturated heterocycles. The zero-order valence-corrected chi connectivity index (χ0v) is 11.5. The van der Waals surface area contributed by atoms with Crippen LogP contribution < -0.4 is 14.7 Å². The number of hydrogen-bond acceptors (Lipinski definition) is 4. The number of hydrogen-bond donors (Lipinski definition) is 0. The smallest absolute Gasteiger partial charge is 0.822 e. The Morgan fingerprint density at radius 1 is 1.12 bits per heavy atom. The van der Waals surface area contributed by atoms with Crippen molar-refractivity contribution in [1.29, 1.82) is 0 Å². The van der Waals surface area contributed by atoms with Crippen molar-refractivity contribution in [1.82, 2.24) is 0 Å². The van der Waals surface area contributed by atoms with E-state index in [4.69, 9.17) is 19.2 Å². The Morgan fingerprint density at radius 2 is 1.12 bits per heavy atom. The van der Waals surface area contributed by atoms with E-state index in [1.165, 1.54) is 0 Å². The third-order valence-electron chi connectivity index (χ3n) is 0. The molecule has 0 aliphatic heterocycles. The van der Waals surface area contributed by atoms with Gasteiger partial charge in [-0.15, -0.1) is 0 Å². The van der Waals surface area contributed by atoms with Gasteiger partial charge in [-0.05, 0) is 0 Å². The summed E-state index contributed by atoms with van der Waals surface area (Å²) in [6.07, 6.45) is 0. The van der Waals surface area contributed by atoms with E-state index in [-0.39, 0.29) is 70.6 Å². The molecule has 0 heterocycles. The second-order valence-electron chi connectivity index (χ2n) is 0.447. The van der Waals surface area contributed by atoms with Crippen LogP contribution in [0.4, 0.5) is 0 Å². The predicted octanol–water partition coefficient (Wildman–Crippen LogP) is -3.59. The van der Waals surface area contributed by atoms with Gasteiger partial charge in [0.2, 0.25) is 0 Å². The van der Waals surface area contributed by atoms with Crippen molar-refractivity contribution in [2.75, 3.05) is 0 Å². The third-order valence-corrected chi connectivity index (χ3v) is 0. The van der Waals surface area contributed by atoms with Crippen LogP contribution in [0.1, 0.15) is 0 Å². The van der Waals surface area contributed by atoms with Crippen LogP contribution in [-0.2, 0) is 4.57 Å². The standard InChI is InChI=1S/Al.Ge.La.H3O4P/c;;;1-5(2,3)4/h;;;(H3,1,2,3,4)/q+3;;+3;/p-3. The number of phosphoric acid groups is 1. The average Bonchev–Trinajstić information content (AvgIpc) is 0.722. The largest absolute Gasteiger partial charge is 3.00 e. The summed E-state index contributed by atoms with van der Waals surface area (Å²) in [7, 11) is -5.39. The molecule has 0 unspecified atom stereocenters. The Kier molecular flexibility index (Phi) is 26.3. The molecule has 36 valence electrons. The molecule has 0 aromatic heterocycles. The zero-order chi connectivity index (χ0) is 4.50. The van der Waals surface area contributed by atoms with Crippen LogP contribution in [-0.4, -0.2) is 35.0 Å². The quantitative estimate of drug-likeness (QED) is 0.339. The molecule has 0 amide bonds. The summed E-state index contributed by atoms with van der Waals surface area (Å²) in [4.78, 5) is 25.6. The van der Waals surface area contributed by atoms with Gasteiger partial charge in [-0.1, -0.05) is 0 Å². The summed E-state index contributed by atoms with van der Waals surface area (Å²) < 4.78 is 8.55. The van der Waals surface area contributed by atoms with E-state index in [0.717, 1.165) is 0 Å². The third kappa shape index (κ3) is 80.6. The first-order chi connectivity index (χ1) is 2.00. The van der Waals surface area contributed by atoms with Crippen molar-refractivity contribution < 1.29 is 54.8 Å². The molecule has 8 heteroatoms.